The first-order chi connectivity index (χ1) is 9.51. The van der Waals surface area contributed by atoms with Gasteiger partial charge in [0.2, 0.25) is 0 Å². The Morgan fingerprint density at radius 1 is 1.45 bits per heavy atom. The number of ether oxygens (including phenoxy) is 3. The van der Waals surface area contributed by atoms with E-state index >= 15 is 0 Å². The van der Waals surface area contributed by atoms with Gasteiger partial charge in [-0.2, -0.15) is 14.0 Å². The van der Waals surface area contributed by atoms with Gasteiger partial charge in [0, 0.05) is 11.6 Å². The Hall–Kier alpha value is -2.36. The molecule has 5 nitrogen and oxygen atoms in total. The van der Waals surface area contributed by atoms with Gasteiger partial charge in [0.15, 0.2) is 0 Å². The summed E-state index contributed by atoms with van der Waals surface area (Å²) in [6, 6.07) is 4.35. The number of methoxy groups -OCH3 is 1. The van der Waals surface area contributed by atoms with Crippen LogP contribution in [-0.4, -0.2) is 26.3 Å². The second kappa shape index (κ2) is 7.28. The number of hydrogen-bond acceptors (Lipinski definition) is 5. The summed E-state index contributed by atoms with van der Waals surface area (Å²) >= 11 is 0. The van der Waals surface area contributed by atoms with Crippen LogP contribution in [0.3, 0.4) is 0 Å². The molecule has 20 heavy (non-hydrogen) atoms. The molecule has 108 valence electrons. The van der Waals surface area contributed by atoms with Crippen molar-refractivity contribution in [3.05, 3.63) is 23.3 Å². The molecular formula is C13H13F2NO4. The van der Waals surface area contributed by atoms with Crippen molar-refractivity contribution in [2.45, 2.75) is 20.0 Å². The number of benzene rings is 1. The maximum absolute atomic E-state index is 12.4. The highest BCUT2D eigenvalue weighted by molar-refractivity contribution is 5.75. The molecule has 0 unspecified atom stereocenters. The highest BCUT2D eigenvalue weighted by Crippen LogP contribution is 2.30. The molecule has 1 rings (SSSR count). The first-order valence-electron chi connectivity index (χ1n) is 5.73. The molecule has 0 amide bonds. The number of carbonyl (C=O) groups excluding carboxylic acids is 1. The van der Waals surface area contributed by atoms with Crippen LogP contribution in [-0.2, 0) is 16.0 Å². The quantitative estimate of drug-likeness (QED) is 0.750. The third kappa shape index (κ3) is 4.09. The van der Waals surface area contributed by atoms with E-state index < -0.39 is 12.6 Å². The number of carbonyl (C=O) groups is 1. The third-order valence-corrected chi connectivity index (χ3v) is 2.38. The Labute approximate surface area is 114 Å². The normalized spacial score (nSPS) is 10.0. The third-order valence-electron chi connectivity index (χ3n) is 2.38. The maximum Gasteiger partial charge on any atom is 0.387 e. The van der Waals surface area contributed by atoms with Crippen LogP contribution in [0, 0.1) is 11.3 Å². The molecule has 1 aromatic carbocycles. The van der Waals surface area contributed by atoms with Crippen LogP contribution >= 0.6 is 0 Å². The van der Waals surface area contributed by atoms with Crippen molar-refractivity contribution in [3.8, 4) is 17.6 Å². The zero-order valence-corrected chi connectivity index (χ0v) is 11.0. The molecule has 0 heterocycles. The summed E-state index contributed by atoms with van der Waals surface area (Å²) in [7, 11) is 1.33. The molecule has 0 aliphatic heterocycles. The van der Waals surface area contributed by atoms with Crippen molar-refractivity contribution in [2.75, 3.05) is 13.7 Å². The van der Waals surface area contributed by atoms with Gasteiger partial charge in [-0.25, -0.2) is 0 Å². The van der Waals surface area contributed by atoms with E-state index in [1.165, 1.54) is 19.2 Å². The predicted molar refractivity (Wildman–Crippen MR) is 64.7 cm³/mol. The molecule has 0 aliphatic rings. The Bertz CT molecular complexity index is 526. The van der Waals surface area contributed by atoms with E-state index in [2.05, 4.69) is 4.74 Å². The lowest BCUT2D eigenvalue weighted by molar-refractivity contribution is -0.142. The number of halogens is 2. The summed E-state index contributed by atoms with van der Waals surface area (Å²) in [6.07, 6.45) is -0.331. The lowest BCUT2D eigenvalue weighted by atomic mass is 10.0. The molecule has 0 saturated carbocycles. The lowest BCUT2D eigenvalue weighted by Crippen LogP contribution is -2.12. The van der Waals surface area contributed by atoms with Crippen molar-refractivity contribution in [1.82, 2.24) is 0 Å². The first kappa shape index (κ1) is 15.7. The van der Waals surface area contributed by atoms with E-state index in [1.807, 2.05) is 6.07 Å². The summed E-state index contributed by atoms with van der Waals surface area (Å²) in [5, 5.41) is 9.04. The van der Waals surface area contributed by atoms with Gasteiger partial charge in [-0.15, -0.1) is 0 Å². The maximum atomic E-state index is 12.4. The summed E-state index contributed by atoms with van der Waals surface area (Å²) in [5.74, 6) is -0.720. The van der Waals surface area contributed by atoms with Crippen LogP contribution in [0.25, 0.3) is 0 Å². The van der Waals surface area contributed by atoms with E-state index in [9.17, 15) is 13.6 Å². The standard InChI is InChI=1S/C13H13F2NO4/c1-3-19-12(17)6-10-8(7-16)4-9(18-2)5-11(10)20-13(14)15/h4-5,13H,3,6H2,1-2H3. The van der Waals surface area contributed by atoms with Crippen molar-refractivity contribution < 1.29 is 27.8 Å². The zero-order valence-electron chi connectivity index (χ0n) is 11.0. The topological polar surface area (TPSA) is 68.6 Å². The fraction of sp³-hybridized carbons (Fsp3) is 0.385. The predicted octanol–water partition coefficient (Wildman–Crippen LogP) is 2.27. The Kier molecular flexibility index (Phi) is 5.72. The van der Waals surface area contributed by atoms with E-state index in [0.717, 1.165) is 0 Å². The van der Waals surface area contributed by atoms with Crippen molar-refractivity contribution in [2.24, 2.45) is 0 Å². The lowest BCUT2D eigenvalue weighted by Gasteiger charge is -2.13. The van der Waals surface area contributed by atoms with Crippen LogP contribution in [0.4, 0.5) is 8.78 Å². The Morgan fingerprint density at radius 2 is 2.15 bits per heavy atom. The fourth-order valence-electron chi connectivity index (χ4n) is 1.58. The Balaban J connectivity index is 3.22. The minimum atomic E-state index is -3.07. The average molecular weight is 285 g/mol. The molecule has 0 radical (unpaired) electrons. The number of esters is 1. The van der Waals surface area contributed by atoms with E-state index in [-0.39, 0.29) is 35.7 Å². The Morgan fingerprint density at radius 3 is 2.65 bits per heavy atom. The van der Waals surface area contributed by atoms with Gasteiger partial charge in [0.05, 0.1) is 31.8 Å². The number of rotatable bonds is 6. The van der Waals surface area contributed by atoms with Gasteiger partial charge in [0.25, 0.3) is 0 Å². The summed E-state index contributed by atoms with van der Waals surface area (Å²) in [6.45, 7) is -1.30. The largest absolute Gasteiger partial charge is 0.497 e. The second-order valence-electron chi connectivity index (χ2n) is 3.62. The van der Waals surface area contributed by atoms with Gasteiger partial charge in [-0.05, 0) is 13.0 Å². The van der Waals surface area contributed by atoms with Crippen molar-refractivity contribution in [3.63, 3.8) is 0 Å². The molecule has 0 N–H and O–H groups in total. The summed E-state index contributed by atoms with van der Waals surface area (Å²) < 4.78 is 38.8. The SMILES string of the molecule is CCOC(=O)Cc1c(C#N)cc(OC)cc1OC(F)F. The number of alkyl halides is 2. The average Bonchev–Trinajstić information content (AvgIpc) is 2.40. The number of hydrogen-bond donors (Lipinski definition) is 0. The fourth-order valence-corrected chi connectivity index (χ4v) is 1.58. The minimum Gasteiger partial charge on any atom is -0.497 e. The molecule has 1 aromatic rings. The van der Waals surface area contributed by atoms with Crippen LogP contribution in [0.2, 0.25) is 0 Å². The van der Waals surface area contributed by atoms with Crippen molar-refractivity contribution >= 4 is 5.97 Å². The summed E-state index contributed by atoms with van der Waals surface area (Å²) in [5.41, 5.74) is 0.0695. The molecule has 0 atom stereocenters. The van der Waals surface area contributed by atoms with Crippen LogP contribution < -0.4 is 9.47 Å². The van der Waals surface area contributed by atoms with Gasteiger partial charge in [0.1, 0.15) is 11.5 Å². The van der Waals surface area contributed by atoms with E-state index in [4.69, 9.17) is 14.7 Å². The smallest absolute Gasteiger partial charge is 0.387 e. The monoisotopic (exact) mass is 285 g/mol. The number of nitrogens with zero attached hydrogens (tertiary/aromatic N) is 1. The molecular weight excluding hydrogens is 272 g/mol. The van der Waals surface area contributed by atoms with Gasteiger partial charge in [-0.1, -0.05) is 0 Å². The second-order valence-corrected chi connectivity index (χ2v) is 3.62. The molecule has 0 fully saturated rings. The highest BCUT2D eigenvalue weighted by atomic mass is 19.3. The minimum absolute atomic E-state index is 0.0213. The van der Waals surface area contributed by atoms with Crippen LogP contribution in [0.5, 0.6) is 11.5 Å². The summed E-state index contributed by atoms with van der Waals surface area (Å²) in [4.78, 5) is 11.5. The van der Waals surface area contributed by atoms with Crippen LogP contribution in [0.1, 0.15) is 18.1 Å². The van der Waals surface area contributed by atoms with E-state index in [1.54, 1.807) is 6.92 Å². The number of nitriles is 1. The molecule has 0 spiro atoms. The molecule has 0 bridgehead atoms. The molecule has 7 heteroatoms. The molecule has 0 aromatic heterocycles. The molecule has 0 aliphatic carbocycles. The first-order valence-corrected chi connectivity index (χ1v) is 5.73. The van der Waals surface area contributed by atoms with Gasteiger partial charge in [-0.3, -0.25) is 4.79 Å². The van der Waals surface area contributed by atoms with Crippen LogP contribution in [0.15, 0.2) is 12.1 Å². The van der Waals surface area contributed by atoms with Crippen molar-refractivity contribution in [1.29, 1.82) is 5.26 Å². The zero-order chi connectivity index (χ0) is 15.1. The van der Waals surface area contributed by atoms with Gasteiger partial charge < -0.3 is 14.2 Å². The molecule has 0 saturated heterocycles. The van der Waals surface area contributed by atoms with Gasteiger partial charge >= 0.3 is 12.6 Å². The van der Waals surface area contributed by atoms with E-state index in [0.29, 0.717) is 0 Å². The highest BCUT2D eigenvalue weighted by Gasteiger charge is 2.19.